The Morgan fingerprint density at radius 3 is 1.76 bits per heavy atom. The summed E-state index contributed by atoms with van der Waals surface area (Å²) in [5.74, 6) is 2.18. The second kappa shape index (κ2) is 17.3. The second-order valence-corrected chi connectivity index (χ2v) is 23.0. The number of rotatable bonds is 9. The highest BCUT2D eigenvalue weighted by molar-refractivity contribution is 5.21. The monoisotopic (exact) mass is 897 g/mol. The number of aliphatic hydroxyl groups excluding tert-OH is 9. The topological polar surface area (TPSA) is 237 Å². The molecule has 0 bridgehead atoms. The standard InChI is InChI=1S/C48H80O15/c1-22(2)25-12-17-48(21-50)19-18-46(8)26(31(25)48)10-11-29-45(7)15-14-30(44(5,6)28(45)13-16-47(29,46)9)61-43-40(63-42-37(56)35(54)33(52)24(4)59-42)38(57)39(27(20-49)60-43)62-41-36(55)34(53)32(51)23(3)58-41/h23-43,49-57H,1,10-21H2,2-9H3/t23-,24-,25-,26+,27+,28-,29+,30-,31+,32-,33-,34+,35+,36+,37+,38-,39+,40+,41-,42-,43-,45-,46+,47+,48+/m0/s1. The van der Waals surface area contributed by atoms with E-state index in [0.717, 1.165) is 57.8 Å². The minimum Gasteiger partial charge on any atom is -0.396 e. The van der Waals surface area contributed by atoms with Crippen LogP contribution in [0.2, 0.25) is 0 Å². The summed E-state index contributed by atoms with van der Waals surface area (Å²) in [5.41, 5.74) is 1.08. The highest BCUT2D eigenvalue weighted by atomic mass is 16.8. The fraction of sp³-hybridized carbons (Fsp3) is 0.958. The summed E-state index contributed by atoms with van der Waals surface area (Å²) in [6, 6.07) is 0. The molecule has 15 nitrogen and oxygen atoms in total. The molecule has 3 aliphatic heterocycles. The molecular formula is C48H80O15. The minimum absolute atomic E-state index is 0.00202. The molecular weight excluding hydrogens is 817 g/mol. The summed E-state index contributed by atoms with van der Waals surface area (Å²) in [4.78, 5) is 0. The third kappa shape index (κ3) is 7.47. The van der Waals surface area contributed by atoms with Crippen molar-refractivity contribution >= 4 is 0 Å². The summed E-state index contributed by atoms with van der Waals surface area (Å²) in [5, 5.41) is 97.6. The smallest absolute Gasteiger partial charge is 0.187 e. The average molecular weight is 897 g/mol. The number of hydrogen-bond donors (Lipinski definition) is 9. The molecule has 362 valence electrons. The Morgan fingerprint density at radius 2 is 1.19 bits per heavy atom. The molecule has 9 N–H and O–H groups in total. The van der Waals surface area contributed by atoms with Gasteiger partial charge >= 0.3 is 0 Å². The molecule has 63 heavy (non-hydrogen) atoms. The van der Waals surface area contributed by atoms with Gasteiger partial charge in [0.15, 0.2) is 18.9 Å². The van der Waals surface area contributed by atoms with E-state index in [1.807, 2.05) is 0 Å². The lowest BCUT2D eigenvalue weighted by molar-refractivity contribution is -0.393. The molecule has 3 saturated heterocycles. The van der Waals surface area contributed by atoms with E-state index in [-0.39, 0.29) is 34.2 Å². The molecule has 0 aromatic carbocycles. The van der Waals surface area contributed by atoms with E-state index in [1.165, 1.54) is 19.4 Å². The van der Waals surface area contributed by atoms with Gasteiger partial charge in [0.2, 0.25) is 0 Å². The summed E-state index contributed by atoms with van der Waals surface area (Å²) < 4.78 is 37.3. The van der Waals surface area contributed by atoms with Crippen molar-refractivity contribution in [2.75, 3.05) is 13.2 Å². The van der Waals surface area contributed by atoms with E-state index in [1.54, 1.807) is 0 Å². The van der Waals surface area contributed by atoms with Crippen LogP contribution in [0.3, 0.4) is 0 Å². The molecule has 5 saturated carbocycles. The molecule has 0 aromatic heterocycles. The van der Waals surface area contributed by atoms with Crippen molar-refractivity contribution in [2.24, 2.45) is 56.7 Å². The molecule has 8 fully saturated rings. The second-order valence-electron chi connectivity index (χ2n) is 23.0. The number of fused-ring (bicyclic) bond motifs is 7. The zero-order chi connectivity index (χ0) is 45.9. The van der Waals surface area contributed by atoms with Gasteiger partial charge in [0.1, 0.15) is 61.0 Å². The molecule has 8 aliphatic rings. The lowest BCUT2D eigenvalue weighted by atomic mass is 9.32. The molecule has 0 spiro atoms. The maximum atomic E-state index is 12.2. The van der Waals surface area contributed by atoms with Crippen molar-refractivity contribution < 1.29 is 74.4 Å². The number of ether oxygens (including phenoxy) is 6. The van der Waals surface area contributed by atoms with Gasteiger partial charge in [0.25, 0.3) is 0 Å². The molecule has 8 rings (SSSR count). The van der Waals surface area contributed by atoms with Crippen molar-refractivity contribution in [3.63, 3.8) is 0 Å². The van der Waals surface area contributed by atoms with Crippen LogP contribution in [0.15, 0.2) is 12.2 Å². The third-order valence-electron chi connectivity index (χ3n) is 19.8. The Hall–Kier alpha value is -0.860. The van der Waals surface area contributed by atoms with Crippen molar-refractivity contribution in [2.45, 2.75) is 218 Å². The molecule has 25 atom stereocenters. The Bertz CT molecular complexity index is 1650. The van der Waals surface area contributed by atoms with Crippen LogP contribution in [0, 0.1) is 56.7 Å². The van der Waals surface area contributed by atoms with E-state index in [2.05, 4.69) is 48.1 Å². The first-order valence-electron chi connectivity index (χ1n) is 24.1. The Balaban J connectivity index is 1.05. The summed E-state index contributed by atoms with van der Waals surface area (Å²) in [7, 11) is 0. The largest absolute Gasteiger partial charge is 0.396 e. The van der Waals surface area contributed by atoms with E-state index < -0.39 is 110 Å². The zero-order valence-electron chi connectivity index (χ0n) is 38.8. The van der Waals surface area contributed by atoms with Gasteiger partial charge in [0, 0.05) is 6.61 Å². The van der Waals surface area contributed by atoms with Crippen LogP contribution >= 0.6 is 0 Å². The van der Waals surface area contributed by atoms with Gasteiger partial charge in [0.05, 0.1) is 24.9 Å². The van der Waals surface area contributed by atoms with Gasteiger partial charge in [-0.05, 0) is 142 Å². The van der Waals surface area contributed by atoms with E-state index in [4.69, 9.17) is 28.4 Å². The highest BCUT2D eigenvalue weighted by Gasteiger charge is 2.71. The number of hydrogen-bond acceptors (Lipinski definition) is 15. The predicted molar refractivity (Wildman–Crippen MR) is 227 cm³/mol. The Labute approximate surface area is 373 Å². The third-order valence-corrected chi connectivity index (χ3v) is 19.8. The van der Waals surface area contributed by atoms with Crippen LogP contribution in [0.5, 0.6) is 0 Å². The van der Waals surface area contributed by atoms with E-state index in [9.17, 15) is 46.0 Å². The van der Waals surface area contributed by atoms with Crippen LogP contribution in [-0.4, -0.2) is 157 Å². The van der Waals surface area contributed by atoms with Gasteiger partial charge in [-0.3, -0.25) is 0 Å². The van der Waals surface area contributed by atoms with Crippen LogP contribution in [-0.2, 0) is 28.4 Å². The first-order chi connectivity index (χ1) is 29.5. The van der Waals surface area contributed by atoms with Crippen LogP contribution < -0.4 is 0 Å². The molecule has 5 aliphatic carbocycles. The first-order valence-corrected chi connectivity index (χ1v) is 24.1. The van der Waals surface area contributed by atoms with Gasteiger partial charge in [-0.2, -0.15) is 0 Å². The lowest BCUT2D eigenvalue weighted by Gasteiger charge is -2.73. The number of allylic oxidation sites excluding steroid dienone is 1. The quantitative estimate of drug-likeness (QED) is 0.120. The summed E-state index contributed by atoms with van der Waals surface area (Å²) in [6.07, 6.45) is -11.7. The normalized spacial score (nSPS) is 56.7. The Kier molecular flexibility index (Phi) is 13.3. The maximum absolute atomic E-state index is 12.2. The highest BCUT2D eigenvalue weighted by Crippen LogP contribution is 2.77. The maximum Gasteiger partial charge on any atom is 0.187 e. The molecule has 15 heteroatoms. The minimum atomic E-state index is -1.72. The fourth-order valence-corrected chi connectivity index (χ4v) is 16.0. The molecule has 0 aromatic rings. The van der Waals surface area contributed by atoms with E-state index in [0.29, 0.717) is 30.1 Å². The molecule has 0 amide bonds. The van der Waals surface area contributed by atoms with Crippen LogP contribution in [0.1, 0.15) is 120 Å². The average Bonchev–Trinajstić information content (AvgIpc) is 3.64. The van der Waals surface area contributed by atoms with Crippen molar-refractivity contribution in [1.29, 1.82) is 0 Å². The van der Waals surface area contributed by atoms with Crippen LogP contribution in [0.4, 0.5) is 0 Å². The fourth-order valence-electron chi connectivity index (χ4n) is 16.0. The summed E-state index contributed by atoms with van der Waals surface area (Å²) >= 11 is 0. The van der Waals surface area contributed by atoms with Crippen molar-refractivity contribution in [3.8, 4) is 0 Å². The molecule has 3 heterocycles. The van der Waals surface area contributed by atoms with Gasteiger partial charge in [-0.25, -0.2) is 0 Å². The van der Waals surface area contributed by atoms with Crippen molar-refractivity contribution in [3.05, 3.63) is 12.2 Å². The van der Waals surface area contributed by atoms with Crippen molar-refractivity contribution in [1.82, 2.24) is 0 Å². The predicted octanol–water partition coefficient (Wildman–Crippen LogP) is 2.53. The molecule has 0 radical (unpaired) electrons. The lowest BCUT2D eigenvalue weighted by Crippen LogP contribution is -2.68. The van der Waals surface area contributed by atoms with Crippen LogP contribution in [0.25, 0.3) is 0 Å². The number of aliphatic hydroxyl groups is 9. The SMILES string of the molecule is C=C(C)[C@@H]1CC[C@]2(CO)CC[C@]3(C)[C@H](CC[C@@H]4[C@@]5(C)CC[C@H](O[C@@H]6O[C@H](CO)[C@@H](O[C@@H]7O[C@@H](C)[C@H](O)[C@@H](O)[C@H]7O)[C@H](O)[C@H]6O[C@@H]6O[C@@H](C)[C@H](O)[C@@H](O)[C@H]6O)C(C)(C)[C@@H]5CC[C@]43C)[C@@H]12. The Morgan fingerprint density at radius 1 is 0.587 bits per heavy atom. The zero-order valence-corrected chi connectivity index (χ0v) is 38.8. The van der Waals surface area contributed by atoms with Gasteiger partial charge in [-0.15, -0.1) is 0 Å². The van der Waals surface area contributed by atoms with Gasteiger partial charge < -0.3 is 74.4 Å². The molecule has 0 unspecified atom stereocenters. The summed E-state index contributed by atoms with van der Waals surface area (Å²) in [6.45, 7) is 21.5. The van der Waals surface area contributed by atoms with E-state index >= 15 is 0 Å². The first kappa shape index (κ1) is 48.6. The van der Waals surface area contributed by atoms with Gasteiger partial charge in [-0.1, -0.05) is 46.8 Å².